The van der Waals surface area contributed by atoms with Crippen LogP contribution < -0.4 is 5.73 Å². The second kappa shape index (κ2) is 9.16. The van der Waals surface area contributed by atoms with Gasteiger partial charge in [-0.3, -0.25) is 4.79 Å². The number of fused-ring (bicyclic) bond motifs is 1. The van der Waals surface area contributed by atoms with Gasteiger partial charge in [-0.15, -0.1) is 5.06 Å². The minimum atomic E-state index is -0.819. The SMILES string of the molecule is COC(=O)[C@@H](Cc1c[nH]c2ccccc12)N(CCN)OC(=O)c1ccccc1. The third kappa shape index (κ3) is 4.39. The smallest absolute Gasteiger partial charge is 0.357 e. The molecule has 0 amide bonds. The van der Waals surface area contributed by atoms with Crippen molar-refractivity contribution in [2.75, 3.05) is 20.2 Å². The molecule has 0 fully saturated rings. The molecule has 1 heterocycles. The van der Waals surface area contributed by atoms with Crippen molar-refractivity contribution in [2.24, 2.45) is 5.73 Å². The van der Waals surface area contributed by atoms with Crippen LogP contribution in [0.4, 0.5) is 0 Å². The van der Waals surface area contributed by atoms with Crippen LogP contribution in [0, 0.1) is 0 Å². The third-order valence-corrected chi connectivity index (χ3v) is 4.47. The number of aromatic nitrogens is 1. The maximum Gasteiger partial charge on any atom is 0.357 e. The summed E-state index contributed by atoms with van der Waals surface area (Å²) in [4.78, 5) is 33.7. The molecule has 3 aromatic rings. The highest BCUT2D eigenvalue weighted by Gasteiger charge is 2.31. The van der Waals surface area contributed by atoms with Gasteiger partial charge < -0.3 is 20.3 Å². The first kappa shape index (κ1) is 19.6. The molecule has 0 aliphatic carbocycles. The van der Waals surface area contributed by atoms with Gasteiger partial charge in [0.25, 0.3) is 0 Å². The second-order valence-corrected chi connectivity index (χ2v) is 6.28. The summed E-state index contributed by atoms with van der Waals surface area (Å²) in [6, 6.07) is 15.6. The number of carbonyl (C=O) groups excluding carboxylic acids is 2. The Morgan fingerprint density at radius 3 is 2.54 bits per heavy atom. The number of rotatable bonds is 8. The van der Waals surface area contributed by atoms with Crippen molar-refractivity contribution in [3.63, 3.8) is 0 Å². The van der Waals surface area contributed by atoms with Gasteiger partial charge >= 0.3 is 11.9 Å². The van der Waals surface area contributed by atoms with Crippen LogP contribution in [0.2, 0.25) is 0 Å². The molecule has 7 heteroatoms. The van der Waals surface area contributed by atoms with Crippen molar-refractivity contribution in [2.45, 2.75) is 12.5 Å². The highest BCUT2D eigenvalue weighted by Crippen LogP contribution is 2.21. The van der Waals surface area contributed by atoms with Gasteiger partial charge in [-0.1, -0.05) is 36.4 Å². The predicted octanol–water partition coefficient (Wildman–Crippen LogP) is 2.28. The molecule has 0 saturated heterocycles. The van der Waals surface area contributed by atoms with E-state index in [2.05, 4.69) is 4.98 Å². The fourth-order valence-corrected chi connectivity index (χ4v) is 3.07. The molecular formula is C21H23N3O4. The summed E-state index contributed by atoms with van der Waals surface area (Å²) in [5.74, 6) is -1.05. The van der Waals surface area contributed by atoms with Crippen molar-refractivity contribution in [3.8, 4) is 0 Å². The quantitative estimate of drug-likeness (QED) is 0.459. The Bertz CT molecular complexity index is 939. The van der Waals surface area contributed by atoms with Gasteiger partial charge in [0.2, 0.25) is 0 Å². The molecule has 1 aromatic heterocycles. The van der Waals surface area contributed by atoms with Crippen LogP contribution in [-0.4, -0.2) is 48.2 Å². The number of methoxy groups -OCH3 is 1. The summed E-state index contributed by atoms with van der Waals surface area (Å²) in [5, 5.41) is 2.31. The molecule has 146 valence electrons. The van der Waals surface area contributed by atoms with Gasteiger partial charge in [0.15, 0.2) is 0 Å². The molecule has 3 N–H and O–H groups in total. The number of carbonyl (C=O) groups is 2. The standard InChI is InChI=1S/C21H23N3O4/c1-27-21(26)19(13-16-14-23-18-10-6-5-9-17(16)18)24(12-11-22)28-20(25)15-7-3-2-4-8-15/h2-10,14,19,23H,11-13,22H2,1H3/t19-/m1/s1. The van der Waals surface area contributed by atoms with E-state index in [1.165, 1.54) is 12.2 Å². The molecule has 0 bridgehead atoms. The topological polar surface area (TPSA) is 97.7 Å². The van der Waals surface area contributed by atoms with Crippen LogP contribution in [0.1, 0.15) is 15.9 Å². The van der Waals surface area contributed by atoms with E-state index in [0.717, 1.165) is 16.5 Å². The van der Waals surface area contributed by atoms with Crippen LogP contribution in [0.5, 0.6) is 0 Å². The minimum absolute atomic E-state index is 0.195. The summed E-state index contributed by atoms with van der Waals surface area (Å²) in [7, 11) is 1.31. The highest BCUT2D eigenvalue weighted by molar-refractivity contribution is 5.89. The van der Waals surface area contributed by atoms with Crippen molar-refractivity contribution in [1.82, 2.24) is 10.0 Å². The molecule has 1 atom stereocenters. The number of hydrogen-bond donors (Lipinski definition) is 2. The molecule has 0 aliphatic heterocycles. The first-order chi connectivity index (χ1) is 13.6. The maximum atomic E-state index is 12.5. The summed E-state index contributed by atoms with van der Waals surface area (Å²) in [6.45, 7) is 0.407. The summed E-state index contributed by atoms with van der Waals surface area (Å²) in [6.07, 6.45) is 2.15. The van der Waals surface area contributed by atoms with E-state index < -0.39 is 18.0 Å². The summed E-state index contributed by atoms with van der Waals surface area (Å²) < 4.78 is 4.96. The monoisotopic (exact) mass is 381 g/mol. The molecule has 2 aromatic carbocycles. The molecule has 3 rings (SSSR count). The Balaban J connectivity index is 1.86. The Morgan fingerprint density at radius 2 is 1.82 bits per heavy atom. The Labute approximate surface area is 163 Å². The number of nitrogens with one attached hydrogen (secondary N) is 1. The molecule has 0 aliphatic rings. The fourth-order valence-electron chi connectivity index (χ4n) is 3.07. The number of H-pyrrole nitrogens is 1. The van der Waals surface area contributed by atoms with E-state index in [4.69, 9.17) is 15.3 Å². The number of hydroxylamine groups is 2. The first-order valence-electron chi connectivity index (χ1n) is 9.01. The predicted molar refractivity (Wildman–Crippen MR) is 105 cm³/mol. The average molecular weight is 381 g/mol. The van der Waals surface area contributed by atoms with Gasteiger partial charge in [-0.05, 0) is 23.8 Å². The maximum absolute atomic E-state index is 12.5. The molecule has 0 saturated carbocycles. The van der Waals surface area contributed by atoms with Crippen LogP contribution >= 0.6 is 0 Å². The van der Waals surface area contributed by atoms with Crippen LogP contribution in [0.3, 0.4) is 0 Å². The molecular weight excluding hydrogens is 358 g/mol. The van der Waals surface area contributed by atoms with Gasteiger partial charge in [0.05, 0.1) is 12.7 Å². The van der Waals surface area contributed by atoms with E-state index >= 15 is 0 Å². The van der Waals surface area contributed by atoms with E-state index in [1.54, 1.807) is 24.3 Å². The normalized spacial score (nSPS) is 12.1. The molecule has 0 radical (unpaired) electrons. The summed E-state index contributed by atoms with van der Waals surface area (Å²) >= 11 is 0. The number of hydrogen-bond acceptors (Lipinski definition) is 6. The summed E-state index contributed by atoms with van der Waals surface area (Å²) in [5.41, 5.74) is 7.97. The van der Waals surface area contributed by atoms with Crippen LogP contribution in [-0.2, 0) is 20.8 Å². The molecule has 0 unspecified atom stereocenters. The lowest BCUT2D eigenvalue weighted by Crippen LogP contribution is -2.46. The zero-order valence-electron chi connectivity index (χ0n) is 15.6. The zero-order valence-corrected chi connectivity index (χ0v) is 15.6. The van der Waals surface area contributed by atoms with Crippen molar-refractivity contribution < 1.29 is 19.2 Å². The Hall–Kier alpha value is -3.16. The largest absolute Gasteiger partial charge is 0.468 e. The van der Waals surface area contributed by atoms with Crippen molar-refractivity contribution in [3.05, 3.63) is 71.9 Å². The fraction of sp³-hybridized carbons (Fsp3) is 0.238. The first-order valence-corrected chi connectivity index (χ1v) is 9.01. The number of aromatic amines is 1. The van der Waals surface area contributed by atoms with Gasteiger partial charge in [-0.2, -0.15) is 0 Å². The number of nitrogens with zero attached hydrogens (tertiary/aromatic N) is 1. The van der Waals surface area contributed by atoms with Gasteiger partial charge in [-0.25, -0.2) is 4.79 Å². The minimum Gasteiger partial charge on any atom is -0.468 e. The van der Waals surface area contributed by atoms with Crippen LogP contribution in [0.15, 0.2) is 60.8 Å². The lowest BCUT2D eigenvalue weighted by atomic mass is 10.0. The van der Waals surface area contributed by atoms with E-state index in [1.807, 2.05) is 36.5 Å². The van der Waals surface area contributed by atoms with E-state index in [9.17, 15) is 9.59 Å². The van der Waals surface area contributed by atoms with Crippen molar-refractivity contribution >= 4 is 22.8 Å². The van der Waals surface area contributed by atoms with E-state index in [-0.39, 0.29) is 13.1 Å². The molecule has 7 nitrogen and oxygen atoms in total. The average Bonchev–Trinajstić information content (AvgIpc) is 3.14. The number of ether oxygens (including phenoxy) is 1. The Kier molecular flexibility index (Phi) is 6.41. The lowest BCUT2D eigenvalue weighted by molar-refractivity contribution is -0.173. The van der Waals surface area contributed by atoms with Gasteiger partial charge in [0, 0.05) is 36.6 Å². The van der Waals surface area contributed by atoms with E-state index in [0.29, 0.717) is 12.0 Å². The second-order valence-electron chi connectivity index (χ2n) is 6.28. The number of esters is 1. The van der Waals surface area contributed by atoms with Crippen molar-refractivity contribution in [1.29, 1.82) is 0 Å². The third-order valence-electron chi connectivity index (χ3n) is 4.47. The Morgan fingerprint density at radius 1 is 1.11 bits per heavy atom. The zero-order chi connectivity index (χ0) is 19.9. The number of para-hydroxylation sites is 1. The molecule has 0 spiro atoms. The van der Waals surface area contributed by atoms with Crippen LogP contribution in [0.25, 0.3) is 10.9 Å². The molecule has 28 heavy (non-hydrogen) atoms. The number of benzene rings is 2. The number of nitrogens with two attached hydrogens (primary N) is 1. The highest BCUT2D eigenvalue weighted by atomic mass is 16.7. The lowest BCUT2D eigenvalue weighted by Gasteiger charge is -2.27. The van der Waals surface area contributed by atoms with Gasteiger partial charge in [0.1, 0.15) is 6.04 Å².